The number of aliphatic hydroxyl groups excluding tert-OH is 1. The van der Waals surface area contributed by atoms with Crippen LogP contribution in [-0.4, -0.2) is 50.8 Å². The van der Waals surface area contributed by atoms with Crippen molar-refractivity contribution in [3.05, 3.63) is 97.3 Å². The van der Waals surface area contributed by atoms with Crippen molar-refractivity contribution >= 4 is 34.4 Å². The second-order valence-corrected chi connectivity index (χ2v) is 8.90. The average Bonchev–Trinajstić information content (AvgIpc) is 3.18. The summed E-state index contributed by atoms with van der Waals surface area (Å²) in [7, 11) is 1.54. The maximum absolute atomic E-state index is 13.9. The highest BCUT2D eigenvalue weighted by atomic mass is 35.5. The molecule has 0 saturated heterocycles. The minimum atomic E-state index is -0.861. The molecular weight excluding hydrogens is 538 g/mol. The van der Waals surface area contributed by atoms with Gasteiger partial charge < -0.3 is 19.7 Å². The Labute approximate surface area is 224 Å². The number of benzene rings is 2. The van der Waals surface area contributed by atoms with Crippen molar-refractivity contribution in [2.75, 3.05) is 20.2 Å². The Morgan fingerprint density at radius 1 is 1.03 bits per heavy atom. The van der Waals surface area contributed by atoms with E-state index in [9.17, 15) is 33.1 Å². The number of halogens is 3. The van der Waals surface area contributed by atoms with E-state index in [0.29, 0.717) is 5.56 Å². The third-order valence-electron chi connectivity index (χ3n) is 5.88. The molecule has 13 heteroatoms. The maximum atomic E-state index is 13.9. The van der Waals surface area contributed by atoms with E-state index in [0.717, 1.165) is 21.3 Å². The first-order valence-corrected chi connectivity index (χ1v) is 12.1. The van der Waals surface area contributed by atoms with E-state index in [1.54, 1.807) is 6.07 Å². The number of imidazole rings is 1. The summed E-state index contributed by atoms with van der Waals surface area (Å²) in [6.07, 6.45) is 1.07. The number of hydrogen-bond donors (Lipinski definition) is 2. The summed E-state index contributed by atoms with van der Waals surface area (Å²) < 4.78 is 35.4. The van der Waals surface area contributed by atoms with E-state index in [1.807, 2.05) is 0 Å². The van der Waals surface area contributed by atoms with E-state index >= 15 is 0 Å². The molecule has 0 unspecified atom stereocenters. The summed E-state index contributed by atoms with van der Waals surface area (Å²) in [5, 5.41) is 11.6. The van der Waals surface area contributed by atoms with Crippen molar-refractivity contribution in [2.45, 2.75) is 19.6 Å². The zero-order valence-electron chi connectivity index (χ0n) is 20.6. The number of pyridine rings is 1. The molecule has 0 spiro atoms. The highest BCUT2D eigenvalue weighted by Crippen LogP contribution is 2.23. The van der Waals surface area contributed by atoms with Crippen molar-refractivity contribution in [1.29, 1.82) is 0 Å². The second-order valence-electron chi connectivity index (χ2n) is 8.52. The Balaban J connectivity index is 1.65. The van der Waals surface area contributed by atoms with Crippen LogP contribution in [0.3, 0.4) is 0 Å². The lowest BCUT2D eigenvalue weighted by molar-refractivity contribution is 0.0872. The van der Waals surface area contributed by atoms with Crippen LogP contribution in [0.2, 0.25) is 5.02 Å². The van der Waals surface area contributed by atoms with Gasteiger partial charge >= 0.3 is 5.69 Å². The molecule has 2 aromatic carbocycles. The molecule has 4 aromatic rings. The van der Waals surface area contributed by atoms with Gasteiger partial charge in [0, 0.05) is 17.8 Å². The summed E-state index contributed by atoms with van der Waals surface area (Å²) in [4.78, 5) is 51.0. The van der Waals surface area contributed by atoms with Crippen LogP contribution in [0, 0.1) is 11.6 Å². The lowest BCUT2D eigenvalue weighted by Crippen LogP contribution is -2.36. The Kier molecular flexibility index (Phi) is 8.38. The van der Waals surface area contributed by atoms with Crippen molar-refractivity contribution in [2.24, 2.45) is 0 Å². The van der Waals surface area contributed by atoms with Crippen LogP contribution in [0.5, 0.6) is 5.75 Å². The van der Waals surface area contributed by atoms with Gasteiger partial charge in [0.2, 0.25) is 11.8 Å². The average molecular weight is 561 g/mol. The highest BCUT2D eigenvalue weighted by Gasteiger charge is 2.22. The van der Waals surface area contributed by atoms with E-state index in [1.165, 1.54) is 42.1 Å². The molecule has 0 aliphatic carbocycles. The summed E-state index contributed by atoms with van der Waals surface area (Å²) in [6.45, 7) is -0.933. The molecule has 2 aromatic heterocycles. The van der Waals surface area contributed by atoms with Gasteiger partial charge in [-0.3, -0.25) is 14.4 Å². The molecular formula is C26H23ClF2N4O6. The predicted molar refractivity (Wildman–Crippen MR) is 139 cm³/mol. The number of carbonyl (C=O) groups is 2. The molecule has 4 rings (SSSR count). The van der Waals surface area contributed by atoms with E-state index in [2.05, 4.69) is 5.32 Å². The lowest BCUT2D eigenvalue weighted by atomic mass is 10.2. The molecule has 39 heavy (non-hydrogen) atoms. The predicted octanol–water partition coefficient (Wildman–Crippen LogP) is 2.41. The van der Waals surface area contributed by atoms with Crippen molar-refractivity contribution in [3.63, 3.8) is 0 Å². The van der Waals surface area contributed by atoms with Gasteiger partial charge in [-0.25, -0.2) is 22.7 Å². The Morgan fingerprint density at radius 2 is 1.77 bits per heavy atom. The molecule has 0 aliphatic rings. The largest absolute Gasteiger partial charge is 0.487 e. The number of aliphatic hydroxyl groups is 1. The van der Waals surface area contributed by atoms with Gasteiger partial charge in [0.25, 0.3) is 5.56 Å². The van der Waals surface area contributed by atoms with Crippen molar-refractivity contribution in [1.82, 2.24) is 19.0 Å². The molecule has 0 atom stereocenters. The monoisotopic (exact) mass is 560 g/mol. The number of rotatable bonds is 9. The van der Waals surface area contributed by atoms with Crippen LogP contribution in [0.4, 0.5) is 8.78 Å². The Hall–Kier alpha value is -4.13. The number of nitrogens with one attached hydrogen (secondary N) is 1. The number of carbonyl (C=O) groups excluding carboxylic acids is 2. The molecule has 0 amide bonds. The van der Waals surface area contributed by atoms with Crippen LogP contribution in [0.25, 0.3) is 11.0 Å². The summed E-state index contributed by atoms with van der Waals surface area (Å²) in [6, 6.07) is 9.02. The zero-order chi connectivity index (χ0) is 28.3. The van der Waals surface area contributed by atoms with Gasteiger partial charge in [0.05, 0.1) is 37.2 Å². The zero-order valence-corrected chi connectivity index (χ0v) is 21.4. The first kappa shape index (κ1) is 27.9. The fourth-order valence-electron chi connectivity index (χ4n) is 4.02. The molecule has 10 nitrogen and oxygen atoms in total. The van der Waals surface area contributed by atoms with E-state index < -0.39 is 41.3 Å². The van der Waals surface area contributed by atoms with Crippen LogP contribution < -0.4 is 21.3 Å². The van der Waals surface area contributed by atoms with Gasteiger partial charge in [-0.1, -0.05) is 17.7 Å². The fraction of sp³-hybridized carbons (Fsp3) is 0.231. The van der Waals surface area contributed by atoms with Gasteiger partial charge in [0.15, 0.2) is 0 Å². The number of hydrogen-bond acceptors (Lipinski definition) is 7. The van der Waals surface area contributed by atoms with Gasteiger partial charge in [-0.2, -0.15) is 0 Å². The summed E-state index contributed by atoms with van der Waals surface area (Å²) in [5.41, 5.74) is -0.568. The molecule has 0 saturated carbocycles. The topological polar surface area (TPSA) is 125 Å². The van der Waals surface area contributed by atoms with Gasteiger partial charge in [-0.15, -0.1) is 0 Å². The number of nitrogens with zero attached hydrogens (tertiary/aromatic N) is 3. The standard InChI is InChI=1S/C26H23ClF2N4O6/c1-30-12-23(36)32-19-5-2-15(10-20(19)33(26(32)38)22(35)7-9-34)13-31-8-6-21(24(27)25(31)37)39-14-16-3-4-17(28)11-18(16)29/h2-6,8,10-11,30,34H,7,9,12-14H2,1H3. The molecule has 2 heterocycles. The third-order valence-corrected chi connectivity index (χ3v) is 6.23. The third kappa shape index (κ3) is 5.67. The molecule has 0 aliphatic heterocycles. The normalized spacial score (nSPS) is 11.2. The molecule has 2 N–H and O–H groups in total. The van der Waals surface area contributed by atoms with E-state index in [4.69, 9.17) is 16.3 Å². The van der Waals surface area contributed by atoms with Crippen molar-refractivity contribution < 1.29 is 28.2 Å². The van der Waals surface area contributed by atoms with Crippen LogP contribution in [0.1, 0.15) is 27.1 Å². The SMILES string of the molecule is CNCC(=O)n1c(=O)n(C(=O)CCO)c2cc(Cn3ccc(OCc4ccc(F)cc4F)c(Cl)c3=O)ccc21. The minimum Gasteiger partial charge on any atom is -0.487 e. The van der Waals surface area contributed by atoms with Gasteiger partial charge in [0.1, 0.15) is 29.0 Å². The van der Waals surface area contributed by atoms with Gasteiger partial charge in [-0.05, 0) is 42.9 Å². The molecule has 0 fully saturated rings. The number of aromatic nitrogens is 3. The van der Waals surface area contributed by atoms with Crippen molar-refractivity contribution in [3.8, 4) is 5.75 Å². The second kappa shape index (κ2) is 11.7. The lowest BCUT2D eigenvalue weighted by Gasteiger charge is -2.12. The summed E-state index contributed by atoms with van der Waals surface area (Å²) in [5.74, 6) is -2.80. The number of fused-ring (bicyclic) bond motifs is 1. The quantitative estimate of drug-likeness (QED) is 0.322. The highest BCUT2D eigenvalue weighted by molar-refractivity contribution is 6.31. The molecule has 0 radical (unpaired) electrons. The minimum absolute atomic E-state index is 0.000606. The molecule has 204 valence electrons. The maximum Gasteiger partial charge on any atom is 0.342 e. The number of likely N-dealkylation sites (N-methyl/N-ethyl adjacent to an activating group) is 1. The Morgan fingerprint density at radius 3 is 2.46 bits per heavy atom. The van der Waals surface area contributed by atoms with E-state index in [-0.39, 0.29) is 53.5 Å². The fourth-order valence-corrected chi connectivity index (χ4v) is 4.24. The van der Waals surface area contributed by atoms with Crippen LogP contribution in [0.15, 0.2) is 58.3 Å². The number of ether oxygens (including phenoxy) is 1. The summed E-state index contributed by atoms with van der Waals surface area (Å²) >= 11 is 6.21. The first-order chi connectivity index (χ1) is 18.7. The van der Waals surface area contributed by atoms with Crippen LogP contribution >= 0.6 is 11.6 Å². The first-order valence-electron chi connectivity index (χ1n) is 11.7. The molecule has 0 bridgehead atoms. The Bertz CT molecular complexity index is 1690. The van der Waals surface area contributed by atoms with Crippen LogP contribution in [-0.2, 0) is 13.2 Å². The smallest absolute Gasteiger partial charge is 0.342 e.